The first kappa shape index (κ1) is 32.3. The molecule has 224 valence electrons. The Morgan fingerprint density at radius 2 is 1.57 bits per heavy atom. The number of rotatable bonds is 14. The van der Waals surface area contributed by atoms with Crippen LogP contribution in [0.15, 0.2) is 78.9 Å². The van der Waals surface area contributed by atoms with Crippen LogP contribution < -0.4 is 14.4 Å². The summed E-state index contributed by atoms with van der Waals surface area (Å²) < 4.78 is 32.2. The zero-order valence-electron chi connectivity index (χ0n) is 24.7. The number of nitrogens with one attached hydrogen (secondary N) is 1. The predicted octanol–water partition coefficient (Wildman–Crippen LogP) is 4.08. The average Bonchev–Trinajstić information content (AvgIpc) is 2.96. The fourth-order valence-corrected chi connectivity index (χ4v) is 5.28. The fraction of sp³-hybridized carbons (Fsp3) is 0.344. The van der Waals surface area contributed by atoms with E-state index in [0.29, 0.717) is 23.4 Å². The molecule has 0 aliphatic heterocycles. The summed E-state index contributed by atoms with van der Waals surface area (Å²) in [6.07, 6.45) is 1.23. The van der Waals surface area contributed by atoms with Crippen LogP contribution in [-0.4, -0.2) is 63.4 Å². The van der Waals surface area contributed by atoms with Crippen molar-refractivity contribution in [3.8, 4) is 5.75 Å². The van der Waals surface area contributed by atoms with Crippen LogP contribution in [0.2, 0.25) is 0 Å². The van der Waals surface area contributed by atoms with Gasteiger partial charge in [-0.05, 0) is 48.2 Å². The number of carbonyl (C=O) groups is 3. The van der Waals surface area contributed by atoms with Crippen LogP contribution in [0, 0.1) is 5.92 Å². The Morgan fingerprint density at radius 1 is 0.905 bits per heavy atom. The van der Waals surface area contributed by atoms with E-state index in [1.165, 1.54) is 24.0 Å². The monoisotopic (exact) mass is 593 g/mol. The van der Waals surface area contributed by atoms with Crippen molar-refractivity contribution >= 4 is 33.3 Å². The molecule has 42 heavy (non-hydrogen) atoms. The van der Waals surface area contributed by atoms with Crippen LogP contribution in [-0.2, 0) is 32.6 Å². The van der Waals surface area contributed by atoms with Crippen molar-refractivity contribution in [2.45, 2.75) is 39.8 Å². The second-order valence-corrected chi connectivity index (χ2v) is 12.5. The van der Waals surface area contributed by atoms with E-state index in [9.17, 15) is 22.8 Å². The summed E-state index contributed by atoms with van der Waals surface area (Å²) in [5, 5.41) is 2.95. The van der Waals surface area contributed by atoms with E-state index in [1.807, 2.05) is 50.2 Å². The van der Waals surface area contributed by atoms with Gasteiger partial charge in [0.05, 0.1) is 19.1 Å². The number of Topliss-reactive ketones (excluding diaryl/α,β-unsaturated/α-hetero) is 1. The van der Waals surface area contributed by atoms with Crippen molar-refractivity contribution in [2.24, 2.45) is 5.92 Å². The molecule has 2 amide bonds. The Hall–Kier alpha value is -4.18. The Bertz CT molecular complexity index is 1490. The van der Waals surface area contributed by atoms with Gasteiger partial charge < -0.3 is 15.0 Å². The molecule has 0 unspecified atom stereocenters. The van der Waals surface area contributed by atoms with Gasteiger partial charge in [-0.15, -0.1) is 0 Å². The Morgan fingerprint density at radius 3 is 2.19 bits per heavy atom. The molecule has 0 saturated heterocycles. The van der Waals surface area contributed by atoms with Gasteiger partial charge in [-0.1, -0.05) is 68.4 Å². The minimum Gasteiger partial charge on any atom is -0.497 e. The van der Waals surface area contributed by atoms with E-state index in [4.69, 9.17) is 4.74 Å². The second-order valence-electron chi connectivity index (χ2n) is 10.6. The molecule has 3 aromatic rings. The van der Waals surface area contributed by atoms with Gasteiger partial charge in [0.25, 0.3) is 0 Å². The van der Waals surface area contributed by atoms with E-state index < -0.39 is 28.5 Å². The number of hydrogen-bond acceptors (Lipinski definition) is 6. The van der Waals surface area contributed by atoms with Gasteiger partial charge in [-0.25, -0.2) is 8.42 Å². The van der Waals surface area contributed by atoms with E-state index >= 15 is 0 Å². The molecule has 0 saturated carbocycles. The fourth-order valence-electron chi connectivity index (χ4n) is 4.44. The summed E-state index contributed by atoms with van der Waals surface area (Å²) in [5.74, 6) is -0.378. The van der Waals surface area contributed by atoms with Crippen molar-refractivity contribution in [2.75, 3.05) is 30.8 Å². The summed E-state index contributed by atoms with van der Waals surface area (Å²) >= 11 is 0. The summed E-state index contributed by atoms with van der Waals surface area (Å²) in [7, 11) is -2.40. The van der Waals surface area contributed by atoms with E-state index in [0.717, 1.165) is 16.1 Å². The molecule has 0 heterocycles. The molecule has 0 aromatic heterocycles. The van der Waals surface area contributed by atoms with Crippen molar-refractivity contribution < 1.29 is 27.5 Å². The third-order valence-electron chi connectivity index (χ3n) is 6.66. The van der Waals surface area contributed by atoms with Crippen LogP contribution in [0.3, 0.4) is 0 Å². The summed E-state index contributed by atoms with van der Waals surface area (Å²) in [6.45, 7) is 5.23. The highest BCUT2D eigenvalue weighted by Gasteiger charge is 2.33. The lowest BCUT2D eigenvalue weighted by molar-refractivity contribution is -0.140. The second kappa shape index (κ2) is 14.6. The molecule has 1 atom stereocenters. The van der Waals surface area contributed by atoms with Crippen LogP contribution in [0.4, 0.5) is 5.69 Å². The summed E-state index contributed by atoms with van der Waals surface area (Å²) in [5.41, 5.74) is 2.06. The number of methoxy groups -OCH3 is 1. The maximum absolute atomic E-state index is 14.2. The molecule has 9 nitrogen and oxygen atoms in total. The molecular weight excluding hydrogens is 554 g/mol. The zero-order chi connectivity index (χ0) is 30.9. The lowest BCUT2D eigenvalue weighted by Gasteiger charge is -2.33. The summed E-state index contributed by atoms with van der Waals surface area (Å²) in [4.78, 5) is 41.3. The number of sulfonamides is 1. The summed E-state index contributed by atoms with van der Waals surface area (Å²) in [6, 6.07) is 21.7. The van der Waals surface area contributed by atoms with E-state index in [1.54, 1.807) is 37.4 Å². The SMILES string of the molecule is COc1cccc(CN(C(=O)CN(c2cccc(C(C)=O)c2)S(C)(=O)=O)[C@H](Cc2ccccc2)C(=O)NCC(C)C)c1. The van der Waals surface area contributed by atoms with Gasteiger partial charge in [-0.2, -0.15) is 0 Å². The molecule has 0 spiro atoms. The van der Waals surface area contributed by atoms with Crippen LogP contribution in [0.5, 0.6) is 5.75 Å². The lowest BCUT2D eigenvalue weighted by atomic mass is 10.0. The van der Waals surface area contributed by atoms with Crippen LogP contribution >= 0.6 is 0 Å². The van der Waals surface area contributed by atoms with Crippen molar-refractivity contribution in [3.05, 3.63) is 95.6 Å². The topological polar surface area (TPSA) is 113 Å². The maximum Gasteiger partial charge on any atom is 0.244 e. The first-order chi connectivity index (χ1) is 19.9. The minimum atomic E-state index is -3.94. The molecule has 0 bridgehead atoms. The van der Waals surface area contributed by atoms with Gasteiger partial charge in [-0.3, -0.25) is 18.7 Å². The van der Waals surface area contributed by atoms with Gasteiger partial charge in [0.2, 0.25) is 21.8 Å². The number of anilines is 1. The highest BCUT2D eigenvalue weighted by Crippen LogP contribution is 2.23. The minimum absolute atomic E-state index is 0.0354. The van der Waals surface area contributed by atoms with Crippen LogP contribution in [0.25, 0.3) is 0 Å². The Balaban J connectivity index is 2.08. The third-order valence-corrected chi connectivity index (χ3v) is 7.80. The number of benzene rings is 3. The third kappa shape index (κ3) is 9.17. The van der Waals surface area contributed by atoms with Gasteiger partial charge in [0.15, 0.2) is 5.78 Å². The zero-order valence-corrected chi connectivity index (χ0v) is 25.6. The predicted molar refractivity (Wildman–Crippen MR) is 164 cm³/mol. The highest BCUT2D eigenvalue weighted by atomic mass is 32.2. The molecule has 0 aliphatic carbocycles. The molecule has 3 aromatic carbocycles. The van der Waals surface area contributed by atoms with Crippen molar-refractivity contribution in [3.63, 3.8) is 0 Å². The van der Waals surface area contributed by atoms with Crippen molar-refractivity contribution in [1.82, 2.24) is 10.2 Å². The number of carbonyl (C=O) groups excluding carboxylic acids is 3. The van der Waals surface area contributed by atoms with Gasteiger partial charge in [0, 0.05) is 25.1 Å². The van der Waals surface area contributed by atoms with E-state index in [-0.39, 0.29) is 36.3 Å². The maximum atomic E-state index is 14.2. The normalized spacial score (nSPS) is 12.0. The van der Waals surface area contributed by atoms with Crippen molar-refractivity contribution in [1.29, 1.82) is 0 Å². The van der Waals surface area contributed by atoms with E-state index in [2.05, 4.69) is 5.32 Å². The molecule has 3 rings (SSSR count). The van der Waals surface area contributed by atoms with Gasteiger partial charge >= 0.3 is 0 Å². The molecule has 0 fully saturated rings. The van der Waals surface area contributed by atoms with Gasteiger partial charge in [0.1, 0.15) is 18.3 Å². The lowest BCUT2D eigenvalue weighted by Crippen LogP contribution is -2.53. The average molecular weight is 594 g/mol. The number of hydrogen-bond donors (Lipinski definition) is 1. The first-order valence-corrected chi connectivity index (χ1v) is 15.6. The van der Waals surface area contributed by atoms with Crippen LogP contribution in [0.1, 0.15) is 42.3 Å². The standard InChI is InChI=1S/C32H39N3O6S/c1-23(2)20-33-32(38)30(18-25-11-7-6-8-12-25)34(21-26-13-9-16-29(17-26)41-4)31(37)22-35(42(5,39)40)28-15-10-14-27(19-28)24(3)36/h6-17,19,23,30H,18,20-22H2,1-5H3,(H,33,38)/t30-/m1/s1. The molecule has 0 radical (unpaired) electrons. The number of nitrogens with zero attached hydrogens (tertiary/aromatic N) is 2. The molecular formula is C32H39N3O6S. The Labute approximate surface area is 248 Å². The Kier molecular flexibility index (Phi) is 11.3. The number of amides is 2. The molecule has 1 N–H and O–H groups in total. The largest absolute Gasteiger partial charge is 0.497 e. The highest BCUT2D eigenvalue weighted by molar-refractivity contribution is 7.92. The number of ether oxygens (including phenoxy) is 1. The molecule has 0 aliphatic rings. The quantitative estimate of drug-likeness (QED) is 0.282. The molecule has 10 heteroatoms. The first-order valence-electron chi connectivity index (χ1n) is 13.7. The number of ketones is 1. The smallest absolute Gasteiger partial charge is 0.244 e.